The Labute approximate surface area is 113 Å². The fourth-order valence-electron chi connectivity index (χ4n) is 2.12. The molecule has 0 bridgehead atoms. The summed E-state index contributed by atoms with van der Waals surface area (Å²) in [5, 5.41) is 29.5. The van der Waals surface area contributed by atoms with Crippen molar-refractivity contribution in [1.82, 2.24) is 4.90 Å². The number of carbonyl (C=O) groups excluding carboxylic acids is 1. The third kappa shape index (κ3) is 2.47. The van der Waals surface area contributed by atoms with Crippen molar-refractivity contribution in [2.45, 2.75) is 19.1 Å². The van der Waals surface area contributed by atoms with Gasteiger partial charge in [0, 0.05) is 25.2 Å². The van der Waals surface area contributed by atoms with E-state index < -0.39 is 34.4 Å². The first-order valence-electron chi connectivity index (χ1n) is 5.91. The van der Waals surface area contributed by atoms with Gasteiger partial charge in [-0.1, -0.05) is 0 Å². The van der Waals surface area contributed by atoms with Gasteiger partial charge < -0.3 is 15.1 Å². The number of nitro benzene ring substituents is 1. The van der Waals surface area contributed by atoms with E-state index >= 15 is 0 Å². The predicted octanol–water partition coefficient (Wildman–Crippen LogP) is 0.220. The largest absolute Gasteiger partial charge is 0.388 e. The van der Waals surface area contributed by atoms with E-state index in [1.54, 1.807) is 0 Å². The lowest BCUT2D eigenvalue weighted by atomic mass is 10.1. The molecule has 0 aromatic heterocycles. The van der Waals surface area contributed by atoms with Crippen molar-refractivity contribution in [3.63, 3.8) is 0 Å². The molecule has 1 amide bonds. The van der Waals surface area contributed by atoms with Crippen molar-refractivity contribution in [3.8, 4) is 0 Å². The molecule has 2 atom stereocenters. The highest BCUT2D eigenvalue weighted by Gasteiger charge is 2.34. The normalized spacial score (nSPS) is 22.1. The maximum absolute atomic E-state index is 13.9. The molecule has 2 N–H and O–H groups in total. The lowest BCUT2D eigenvalue weighted by Crippen LogP contribution is -2.30. The Kier molecular flexibility index (Phi) is 3.69. The number of hydrogen-bond donors (Lipinski definition) is 2. The Morgan fingerprint density at radius 3 is 2.45 bits per heavy atom. The van der Waals surface area contributed by atoms with Gasteiger partial charge in [-0.25, -0.2) is 4.39 Å². The number of hydrogen-bond acceptors (Lipinski definition) is 5. The summed E-state index contributed by atoms with van der Waals surface area (Å²) in [6.07, 6.45) is -2.19. The topological polar surface area (TPSA) is 104 Å². The SMILES string of the molecule is Cc1cc([N+](=O)[O-])cc(C(=O)N2CC(O)C(O)C2)c1F. The smallest absolute Gasteiger partial charge is 0.270 e. The van der Waals surface area contributed by atoms with Crippen LogP contribution in [-0.4, -0.2) is 51.2 Å². The Hall–Kier alpha value is -2.06. The van der Waals surface area contributed by atoms with Crippen LogP contribution in [0.15, 0.2) is 12.1 Å². The average molecular weight is 284 g/mol. The van der Waals surface area contributed by atoms with Gasteiger partial charge in [0.25, 0.3) is 11.6 Å². The minimum atomic E-state index is -1.10. The number of likely N-dealkylation sites (tertiary alicyclic amines) is 1. The van der Waals surface area contributed by atoms with Gasteiger partial charge in [0.2, 0.25) is 0 Å². The molecular weight excluding hydrogens is 271 g/mol. The second-order valence-electron chi connectivity index (χ2n) is 4.73. The van der Waals surface area contributed by atoms with E-state index in [2.05, 4.69) is 0 Å². The third-order valence-electron chi connectivity index (χ3n) is 3.23. The third-order valence-corrected chi connectivity index (χ3v) is 3.23. The number of rotatable bonds is 2. The highest BCUT2D eigenvalue weighted by atomic mass is 19.1. The molecule has 20 heavy (non-hydrogen) atoms. The van der Waals surface area contributed by atoms with Crippen molar-refractivity contribution in [3.05, 3.63) is 39.2 Å². The van der Waals surface area contributed by atoms with Crippen LogP contribution in [0.25, 0.3) is 0 Å². The number of aliphatic hydroxyl groups excluding tert-OH is 2. The molecule has 1 aliphatic rings. The summed E-state index contributed by atoms with van der Waals surface area (Å²) >= 11 is 0. The predicted molar refractivity (Wildman–Crippen MR) is 65.7 cm³/mol. The number of non-ortho nitro benzene ring substituents is 1. The van der Waals surface area contributed by atoms with Gasteiger partial charge in [-0.3, -0.25) is 14.9 Å². The molecule has 7 nitrogen and oxygen atoms in total. The van der Waals surface area contributed by atoms with E-state index in [1.807, 2.05) is 0 Å². The van der Waals surface area contributed by atoms with Crippen LogP contribution in [0.4, 0.5) is 10.1 Å². The number of halogens is 1. The molecule has 1 aliphatic heterocycles. The summed E-state index contributed by atoms with van der Waals surface area (Å²) < 4.78 is 13.9. The Bertz CT molecular complexity index is 567. The average Bonchev–Trinajstić information content (AvgIpc) is 2.71. The molecule has 1 heterocycles. The number of aryl methyl sites for hydroxylation is 1. The number of benzene rings is 1. The molecule has 0 radical (unpaired) electrons. The van der Waals surface area contributed by atoms with Gasteiger partial charge in [-0.15, -0.1) is 0 Å². The zero-order chi connectivity index (χ0) is 15.0. The van der Waals surface area contributed by atoms with Gasteiger partial charge in [-0.2, -0.15) is 0 Å². The minimum Gasteiger partial charge on any atom is -0.388 e. The summed E-state index contributed by atoms with van der Waals surface area (Å²) in [4.78, 5) is 23.2. The highest BCUT2D eigenvalue weighted by Crippen LogP contribution is 2.23. The van der Waals surface area contributed by atoms with Crippen LogP contribution < -0.4 is 0 Å². The van der Waals surface area contributed by atoms with E-state index in [4.69, 9.17) is 0 Å². The molecule has 0 saturated carbocycles. The standard InChI is InChI=1S/C12H13FN2O5/c1-6-2-7(15(19)20)3-8(11(6)13)12(18)14-4-9(16)10(17)5-14/h2-3,9-10,16-17H,4-5H2,1H3. The van der Waals surface area contributed by atoms with Crippen LogP contribution >= 0.6 is 0 Å². The summed E-state index contributed by atoms with van der Waals surface area (Å²) in [7, 11) is 0. The van der Waals surface area contributed by atoms with E-state index in [0.717, 1.165) is 17.0 Å². The van der Waals surface area contributed by atoms with Crippen molar-refractivity contribution in [1.29, 1.82) is 0 Å². The molecule has 1 aromatic rings. The van der Waals surface area contributed by atoms with Gasteiger partial charge in [-0.05, 0) is 12.5 Å². The highest BCUT2D eigenvalue weighted by molar-refractivity contribution is 5.95. The maximum atomic E-state index is 13.9. The van der Waals surface area contributed by atoms with Crippen molar-refractivity contribution < 1.29 is 24.3 Å². The second kappa shape index (κ2) is 5.14. The molecule has 1 fully saturated rings. The monoisotopic (exact) mass is 284 g/mol. The number of carbonyl (C=O) groups is 1. The van der Waals surface area contributed by atoms with Crippen LogP contribution in [0, 0.1) is 22.9 Å². The Morgan fingerprint density at radius 2 is 1.95 bits per heavy atom. The first kappa shape index (κ1) is 14.4. The van der Waals surface area contributed by atoms with E-state index in [0.29, 0.717) is 0 Å². The van der Waals surface area contributed by atoms with Gasteiger partial charge >= 0.3 is 0 Å². The molecule has 108 valence electrons. The molecule has 0 aliphatic carbocycles. The summed E-state index contributed by atoms with van der Waals surface area (Å²) in [5.74, 6) is -1.62. The van der Waals surface area contributed by atoms with Gasteiger partial charge in [0.05, 0.1) is 22.7 Å². The van der Waals surface area contributed by atoms with Crippen LogP contribution in [0.1, 0.15) is 15.9 Å². The molecule has 2 rings (SSSR count). The van der Waals surface area contributed by atoms with Crippen molar-refractivity contribution in [2.24, 2.45) is 0 Å². The zero-order valence-electron chi connectivity index (χ0n) is 10.6. The van der Waals surface area contributed by atoms with E-state index in [9.17, 15) is 29.5 Å². The van der Waals surface area contributed by atoms with Crippen LogP contribution in [-0.2, 0) is 0 Å². The Morgan fingerprint density at radius 1 is 1.40 bits per heavy atom. The summed E-state index contributed by atoms with van der Waals surface area (Å²) in [6.45, 7) is 1.05. The molecule has 0 spiro atoms. The van der Waals surface area contributed by atoms with E-state index in [1.165, 1.54) is 6.92 Å². The number of nitro groups is 1. The fourth-order valence-corrected chi connectivity index (χ4v) is 2.12. The molecule has 1 saturated heterocycles. The number of β-amino-alcohol motifs (C(OH)–C–C–N with tert-alkyl or cyclic N) is 2. The molecule has 2 unspecified atom stereocenters. The zero-order valence-corrected chi connectivity index (χ0v) is 10.6. The first-order valence-corrected chi connectivity index (χ1v) is 5.91. The van der Waals surface area contributed by atoms with Crippen LogP contribution in [0.3, 0.4) is 0 Å². The number of aliphatic hydroxyl groups is 2. The van der Waals surface area contributed by atoms with Crippen LogP contribution in [0.2, 0.25) is 0 Å². The van der Waals surface area contributed by atoms with E-state index in [-0.39, 0.29) is 24.3 Å². The Balaban J connectivity index is 2.37. The maximum Gasteiger partial charge on any atom is 0.270 e. The van der Waals surface area contributed by atoms with Gasteiger partial charge in [0.15, 0.2) is 0 Å². The molecular formula is C12H13FN2O5. The lowest BCUT2D eigenvalue weighted by Gasteiger charge is -2.16. The second-order valence-corrected chi connectivity index (χ2v) is 4.73. The molecule has 8 heteroatoms. The molecule has 1 aromatic carbocycles. The summed E-state index contributed by atoms with van der Waals surface area (Å²) in [6, 6.07) is 1.90. The summed E-state index contributed by atoms with van der Waals surface area (Å²) in [5.41, 5.74) is -0.826. The number of amides is 1. The minimum absolute atomic E-state index is 0.0113. The quantitative estimate of drug-likeness (QED) is 0.597. The lowest BCUT2D eigenvalue weighted by molar-refractivity contribution is -0.385. The first-order chi connectivity index (χ1) is 9.31. The van der Waals surface area contributed by atoms with Crippen LogP contribution in [0.5, 0.6) is 0 Å². The van der Waals surface area contributed by atoms with Crippen molar-refractivity contribution in [2.75, 3.05) is 13.1 Å². The fraction of sp³-hybridized carbons (Fsp3) is 0.417. The number of nitrogens with zero attached hydrogens (tertiary/aromatic N) is 2. The van der Waals surface area contributed by atoms with Gasteiger partial charge in [0.1, 0.15) is 5.82 Å². The van der Waals surface area contributed by atoms with Crippen molar-refractivity contribution >= 4 is 11.6 Å².